The van der Waals surface area contributed by atoms with Crippen LogP contribution in [0.3, 0.4) is 0 Å². The highest BCUT2D eigenvalue weighted by molar-refractivity contribution is 5.67. The molecular weight excluding hydrogens is 230 g/mol. The van der Waals surface area contributed by atoms with Crippen molar-refractivity contribution >= 4 is 6.09 Å². The molecule has 1 aromatic carbocycles. The van der Waals surface area contributed by atoms with E-state index in [4.69, 9.17) is 4.74 Å². The van der Waals surface area contributed by atoms with Crippen molar-refractivity contribution in [3.8, 4) is 0 Å². The standard InChI is InChI=1S/C14H21NO3/c1-14(2,3)18-13(17)15-10-12(16)9-11-7-5-4-6-8-11/h4-8,12,16H,9-10H2,1-3H3,(H,15,17)/t12-/m1/s1. The first-order chi connectivity index (χ1) is 8.37. The van der Waals surface area contributed by atoms with Crippen LogP contribution in [-0.2, 0) is 11.2 Å². The second kappa shape index (κ2) is 6.40. The van der Waals surface area contributed by atoms with E-state index >= 15 is 0 Å². The summed E-state index contributed by atoms with van der Waals surface area (Å²) in [5.41, 5.74) is 0.519. The maximum atomic E-state index is 11.4. The Bertz CT molecular complexity index is 370. The van der Waals surface area contributed by atoms with Gasteiger partial charge in [-0.25, -0.2) is 4.79 Å². The van der Waals surface area contributed by atoms with Gasteiger partial charge >= 0.3 is 6.09 Å². The monoisotopic (exact) mass is 251 g/mol. The molecule has 0 unspecified atom stereocenters. The zero-order valence-corrected chi connectivity index (χ0v) is 11.1. The fraction of sp³-hybridized carbons (Fsp3) is 0.500. The van der Waals surface area contributed by atoms with Gasteiger partial charge < -0.3 is 15.2 Å². The van der Waals surface area contributed by atoms with Crippen LogP contribution in [-0.4, -0.2) is 29.4 Å². The molecular formula is C14H21NO3. The quantitative estimate of drug-likeness (QED) is 0.861. The molecule has 0 saturated carbocycles. The summed E-state index contributed by atoms with van der Waals surface area (Å²) in [6.07, 6.45) is -0.606. The fourth-order valence-corrected chi connectivity index (χ4v) is 1.47. The summed E-state index contributed by atoms with van der Waals surface area (Å²) < 4.78 is 5.08. The Hall–Kier alpha value is -1.55. The summed E-state index contributed by atoms with van der Waals surface area (Å²) in [5, 5.41) is 12.3. The molecule has 0 aliphatic rings. The highest BCUT2D eigenvalue weighted by Crippen LogP contribution is 2.07. The van der Waals surface area contributed by atoms with Crippen LogP contribution in [0, 0.1) is 0 Å². The predicted octanol–water partition coefficient (Wildman–Crippen LogP) is 2.11. The molecule has 1 atom stereocenters. The summed E-state index contributed by atoms with van der Waals surface area (Å²) in [7, 11) is 0. The highest BCUT2D eigenvalue weighted by Gasteiger charge is 2.16. The number of alkyl carbamates (subject to hydrolysis) is 1. The first kappa shape index (κ1) is 14.5. The number of aliphatic hydroxyl groups excluding tert-OH is 1. The molecule has 2 N–H and O–H groups in total. The topological polar surface area (TPSA) is 58.6 Å². The van der Waals surface area contributed by atoms with Gasteiger partial charge in [0.15, 0.2) is 0 Å². The molecule has 0 aliphatic carbocycles. The molecule has 0 heterocycles. The molecule has 1 aromatic rings. The zero-order chi connectivity index (χ0) is 13.6. The molecule has 0 fully saturated rings. The van der Waals surface area contributed by atoms with Crippen molar-refractivity contribution in [3.05, 3.63) is 35.9 Å². The summed E-state index contributed by atoms with van der Waals surface area (Å²) in [6.45, 7) is 5.58. The van der Waals surface area contributed by atoms with Crippen LogP contribution in [0.1, 0.15) is 26.3 Å². The lowest BCUT2D eigenvalue weighted by Crippen LogP contribution is -2.37. The average Bonchev–Trinajstić information content (AvgIpc) is 2.25. The maximum absolute atomic E-state index is 11.4. The molecule has 18 heavy (non-hydrogen) atoms. The van der Waals surface area contributed by atoms with Gasteiger partial charge in [-0.3, -0.25) is 0 Å². The van der Waals surface area contributed by atoms with E-state index in [1.165, 1.54) is 0 Å². The van der Waals surface area contributed by atoms with Crippen LogP contribution >= 0.6 is 0 Å². The third kappa shape index (κ3) is 6.25. The predicted molar refractivity (Wildman–Crippen MR) is 70.4 cm³/mol. The molecule has 4 heteroatoms. The number of benzene rings is 1. The Balaban J connectivity index is 2.29. The zero-order valence-electron chi connectivity index (χ0n) is 11.1. The number of carbonyl (C=O) groups is 1. The van der Waals surface area contributed by atoms with E-state index in [9.17, 15) is 9.90 Å². The number of hydrogen-bond acceptors (Lipinski definition) is 3. The lowest BCUT2D eigenvalue weighted by Gasteiger charge is -2.20. The molecule has 1 rings (SSSR count). The van der Waals surface area contributed by atoms with E-state index in [0.717, 1.165) is 5.56 Å². The first-order valence-electron chi connectivity index (χ1n) is 6.05. The van der Waals surface area contributed by atoms with E-state index in [-0.39, 0.29) is 6.54 Å². The normalized spacial score (nSPS) is 12.9. The maximum Gasteiger partial charge on any atom is 0.407 e. The summed E-state index contributed by atoms with van der Waals surface area (Å²) in [5.74, 6) is 0. The van der Waals surface area contributed by atoms with Crippen LogP contribution in [0.25, 0.3) is 0 Å². The minimum Gasteiger partial charge on any atom is -0.444 e. The van der Waals surface area contributed by atoms with Crippen LogP contribution in [0.5, 0.6) is 0 Å². The third-order valence-electron chi connectivity index (χ3n) is 2.20. The van der Waals surface area contributed by atoms with E-state index in [1.807, 2.05) is 30.3 Å². The van der Waals surface area contributed by atoms with Gasteiger partial charge in [0.1, 0.15) is 5.60 Å². The summed E-state index contributed by atoms with van der Waals surface area (Å²) >= 11 is 0. The number of aliphatic hydroxyl groups is 1. The number of rotatable bonds is 4. The molecule has 0 saturated heterocycles. The Kier molecular flexibility index (Phi) is 5.16. The van der Waals surface area contributed by atoms with Crippen LogP contribution < -0.4 is 5.32 Å². The van der Waals surface area contributed by atoms with E-state index in [2.05, 4.69) is 5.32 Å². The third-order valence-corrected chi connectivity index (χ3v) is 2.20. The molecule has 100 valence electrons. The number of nitrogens with one attached hydrogen (secondary N) is 1. The lowest BCUT2D eigenvalue weighted by atomic mass is 10.1. The van der Waals surface area contributed by atoms with Gasteiger partial charge in [-0.1, -0.05) is 30.3 Å². The molecule has 4 nitrogen and oxygen atoms in total. The summed E-state index contributed by atoms with van der Waals surface area (Å²) in [4.78, 5) is 11.4. The molecule has 1 amide bonds. The van der Waals surface area contributed by atoms with Crippen molar-refractivity contribution in [2.24, 2.45) is 0 Å². The fourth-order valence-electron chi connectivity index (χ4n) is 1.47. The number of carbonyl (C=O) groups excluding carboxylic acids is 1. The van der Waals surface area contributed by atoms with Gasteiger partial charge in [-0.05, 0) is 26.3 Å². The van der Waals surface area contributed by atoms with Gasteiger partial charge in [0.25, 0.3) is 0 Å². The smallest absolute Gasteiger partial charge is 0.407 e. The largest absolute Gasteiger partial charge is 0.444 e. The summed E-state index contributed by atoms with van der Waals surface area (Å²) in [6, 6.07) is 9.65. The Morgan fingerprint density at radius 3 is 2.50 bits per heavy atom. The van der Waals surface area contributed by atoms with Crippen LogP contribution in [0.15, 0.2) is 30.3 Å². The minimum absolute atomic E-state index is 0.184. The van der Waals surface area contributed by atoms with Crippen molar-refractivity contribution in [3.63, 3.8) is 0 Å². The van der Waals surface area contributed by atoms with Crippen molar-refractivity contribution in [2.75, 3.05) is 6.54 Å². The van der Waals surface area contributed by atoms with Crippen molar-refractivity contribution in [2.45, 2.75) is 38.9 Å². The Morgan fingerprint density at radius 1 is 1.33 bits per heavy atom. The van der Waals surface area contributed by atoms with Crippen LogP contribution in [0.4, 0.5) is 4.79 Å². The molecule has 0 radical (unpaired) electrons. The van der Waals surface area contributed by atoms with Crippen molar-refractivity contribution in [1.29, 1.82) is 0 Å². The van der Waals surface area contributed by atoms with Gasteiger partial charge in [-0.2, -0.15) is 0 Å². The second-order valence-corrected chi connectivity index (χ2v) is 5.23. The molecule has 0 spiro atoms. The molecule has 0 aliphatic heterocycles. The lowest BCUT2D eigenvalue weighted by molar-refractivity contribution is 0.0492. The van der Waals surface area contributed by atoms with Crippen molar-refractivity contribution < 1.29 is 14.6 Å². The van der Waals surface area contributed by atoms with E-state index in [1.54, 1.807) is 20.8 Å². The highest BCUT2D eigenvalue weighted by atomic mass is 16.6. The molecule has 0 aromatic heterocycles. The molecule has 0 bridgehead atoms. The van der Waals surface area contributed by atoms with Gasteiger partial charge in [0, 0.05) is 13.0 Å². The SMILES string of the molecule is CC(C)(C)OC(=O)NC[C@H](O)Cc1ccccc1. The van der Waals surface area contributed by atoms with Gasteiger partial charge in [0.05, 0.1) is 6.10 Å². The van der Waals surface area contributed by atoms with Crippen molar-refractivity contribution in [1.82, 2.24) is 5.32 Å². The van der Waals surface area contributed by atoms with E-state index < -0.39 is 17.8 Å². The Morgan fingerprint density at radius 2 is 1.94 bits per heavy atom. The number of ether oxygens (including phenoxy) is 1. The van der Waals surface area contributed by atoms with Crippen LogP contribution in [0.2, 0.25) is 0 Å². The Labute approximate surface area is 108 Å². The number of amides is 1. The van der Waals surface area contributed by atoms with Gasteiger partial charge in [-0.15, -0.1) is 0 Å². The van der Waals surface area contributed by atoms with Gasteiger partial charge in [0.2, 0.25) is 0 Å². The number of hydrogen-bond donors (Lipinski definition) is 2. The minimum atomic E-state index is -0.611. The van der Waals surface area contributed by atoms with E-state index in [0.29, 0.717) is 6.42 Å². The average molecular weight is 251 g/mol. The second-order valence-electron chi connectivity index (χ2n) is 5.23. The first-order valence-corrected chi connectivity index (χ1v) is 6.05.